The molecule has 2 aliphatic heterocycles. The number of likely N-dealkylation sites (tertiary alicyclic amines) is 1. The van der Waals surface area contributed by atoms with Crippen molar-refractivity contribution in [1.29, 1.82) is 0 Å². The second-order valence-electron chi connectivity index (χ2n) is 7.61. The summed E-state index contributed by atoms with van der Waals surface area (Å²) in [6, 6.07) is 5.67. The molecule has 2 fully saturated rings. The summed E-state index contributed by atoms with van der Waals surface area (Å²) in [5.74, 6) is 0.428. The molecule has 2 amide bonds. The fourth-order valence-electron chi connectivity index (χ4n) is 3.48. The van der Waals surface area contributed by atoms with Crippen molar-refractivity contribution in [1.82, 2.24) is 10.2 Å². The molecular formula is C20H30N4O2. The molecule has 1 aromatic rings. The summed E-state index contributed by atoms with van der Waals surface area (Å²) in [6.45, 7) is 8.16. The van der Waals surface area contributed by atoms with Crippen LogP contribution < -0.4 is 16.0 Å². The van der Waals surface area contributed by atoms with Gasteiger partial charge in [-0.2, -0.15) is 0 Å². The number of amides is 2. The Balaban J connectivity index is 1.57. The summed E-state index contributed by atoms with van der Waals surface area (Å²) < 4.78 is 0. The number of rotatable bonds is 6. The zero-order chi connectivity index (χ0) is 18.5. The molecule has 6 nitrogen and oxygen atoms in total. The molecule has 6 heteroatoms. The lowest BCUT2D eigenvalue weighted by Gasteiger charge is -2.31. The minimum atomic E-state index is -0.0188. The molecule has 1 atom stereocenters. The van der Waals surface area contributed by atoms with Crippen LogP contribution in [0.3, 0.4) is 0 Å². The summed E-state index contributed by atoms with van der Waals surface area (Å²) in [5.41, 5.74) is 2.49. The maximum Gasteiger partial charge on any atom is 0.238 e. The highest BCUT2D eigenvalue weighted by molar-refractivity contribution is 5.96. The number of piperidine rings is 1. The van der Waals surface area contributed by atoms with Crippen LogP contribution >= 0.6 is 0 Å². The van der Waals surface area contributed by atoms with Gasteiger partial charge in [-0.05, 0) is 69.6 Å². The number of carbonyl (C=O) groups is 2. The monoisotopic (exact) mass is 358 g/mol. The van der Waals surface area contributed by atoms with E-state index < -0.39 is 0 Å². The van der Waals surface area contributed by atoms with Gasteiger partial charge in [-0.25, -0.2) is 0 Å². The lowest BCUT2D eigenvalue weighted by atomic mass is 9.88. The molecule has 1 aromatic carbocycles. The third kappa shape index (κ3) is 4.83. The van der Waals surface area contributed by atoms with E-state index in [1.165, 1.54) is 19.3 Å². The van der Waals surface area contributed by atoms with Crippen molar-refractivity contribution in [3.05, 3.63) is 23.8 Å². The van der Waals surface area contributed by atoms with E-state index in [-0.39, 0.29) is 17.7 Å². The standard InChI is InChI=1S/C20H30N4O2/c1-14-6-7-17(22-20(26)15(2)16-11-21-12-16)10-18(14)23-19(25)13-24-8-4-3-5-9-24/h6-7,10,15-16,21H,3-5,8-9,11-13H2,1-2H3,(H,22,26)(H,23,25). The minimum absolute atomic E-state index is 0.00684. The molecule has 26 heavy (non-hydrogen) atoms. The van der Waals surface area contributed by atoms with Gasteiger partial charge >= 0.3 is 0 Å². The molecular weight excluding hydrogens is 328 g/mol. The topological polar surface area (TPSA) is 73.5 Å². The van der Waals surface area contributed by atoms with Gasteiger partial charge in [0.05, 0.1) is 6.54 Å². The first kappa shape index (κ1) is 18.9. The van der Waals surface area contributed by atoms with Crippen LogP contribution in [-0.2, 0) is 9.59 Å². The highest BCUT2D eigenvalue weighted by atomic mass is 16.2. The fraction of sp³-hybridized carbons (Fsp3) is 0.600. The Kier molecular flexibility index (Phi) is 6.27. The van der Waals surface area contributed by atoms with Gasteiger partial charge < -0.3 is 16.0 Å². The van der Waals surface area contributed by atoms with E-state index in [2.05, 4.69) is 20.9 Å². The first-order valence-electron chi connectivity index (χ1n) is 9.67. The van der Waals surface area contributed by atoms with Gasteiger partial charge in [0.25, 0.3) is 0 Å². The first-order chi connectivity index (χ1) is 12.5. The molecule has 0 bridgehead atoms. The molecule has 2 saturated heterocycles. The summed E-state index contributed by atoms with van der Waals surface area (Å²) in [6.07, 6.45) is 3.60. The number of nitrogens with zero attached hydrogens (tertiary/aromatic N) is 1. The van der Waals surface area contributed by atoms with E-state index in [4.69, 9.17) is 0 Å². The smallest absolute Gasteiger partial charge is 0.238 e. The van der Waals surface area contributed by atoms with Crippen molar-refractivity contribution in [2.24, 2.45) is 11.8 Å². The molecule has 0 spiro atoms. The number of hydrogen-bond acceptors (Lipinski definition) is 4. The number of nitrogens with one attached hydrogen (secondary N) is 3. The molecule has 3 N–H and O–H groups in total. The normalized spacial score (nSPS) is 19.5. The van der Waals surface area contributed by atoms with E-state index in [0.29, 0.717) is 12.5 Å². The molecule has 0 aromatic heterocycles. The Morgan fingerprint density at radius 2 is 1.92 bits per heavy atom. The van der Waals surface area contributed by atoms with Crippen LogP contribution in [-0.4, -0.2) is 49.4 Å². The maximum atomic E-state index is 12.4. The number of hydrogen-bond donors (Lipinski definition) is 3. The van der Waals surface area contributed by atoms with E-state index >= 15 is 0 Å². The Hall–Kier alpha value is -1.92. The Bertz CT molecular complexity index is 651. The fourth-order valence-corrected chi connectivity index (χ4v) is 3.48. The molecule has 0 radical (unpaired) electrons. The third-order valence-corrected chi connectivity index (χ3v) is 5.53. The molecule has 0 aliphatic carbocycles. The molecule has 2 aliphatic rings. The van der Waals surface area contributed by atoms with Crippen LogP contribution in [0.5, 0.6) is 0 Å². The predicted octanol–water partition coefficient (Wildman–Crippen LogP) is 2.21. The average Bonchev–Trinajstić information content (AvgIpc) is 2.57. The predicted molar refractivity (Wildman–Crippen MR) is 104 cm³/mol. The second kappa shape index (κ2) is 8.64. The van der Waals surface area contributed by atoms with Crippen molar-refractivity contribution in [2.75, 3.05) is 43.4 Å². The summed E-state index contributed by atoms with van der Waals surface area (Å²) >= 11 is 0. The van der Waals surface area contributed by atoms with Gasteiger partial charge in [0.2, 0.25) is 11.8 Å². The lowest BCUT2D eigenvalue weighted by Crippen LogP contribution is -2.48. The van der Waals surface area contributed by atoms with Crippen LogP contribution in [0.1, 0.15) is 31.7 Å². The zero-order valence-electron chi connectivity index (χ0n) is 15.8. The second-order valence-corrected chi connectivity index (χ2v) is 7.61. The van der Waals surface area contributed by atoms with Gasteiger partial charge in [-0.1, -0.05) is 19.4 Å². The minimum Gasteiger partial charge on any atom is -0.326 e. The third-order valence-electron chi connectivity index (χ3n) is 5.53. The van der Waals surface area contributed by atoms with Crippen molar-refractivity contribution in [3.8, 4) is 0 Å². The van der Waals surface area contributed by atoms with Crippen LogP contribution in [0, 0.1) is 18.8 Å². The van der Waals surface area contributed by atoms with Crippen LogP contribution in [0.2, 0.25) is 0 Å². The van der Waals surface area contributed by atoms with Crippen LogP contribution in [0.25, 0.3) is 0 Å². The maximum absolute atomic E-state index is 12.4. The summed E-state index contributed by atoms with van der Waals surface area (Å²) in [4.78, 5) is 27.0. The van der Waals surface area contributed by atoms with Crippen molar-refractivity contribution < 1.29 is 9.59 Å². The number of aryl methyl sites for hydroxylation is 1. The van der Waals surface area contributed by atoms with Gasteiger partial charge in [-0.3, -0.25) is 14.5 Å². The quantitative estimate of drug-likeness (QED) is 0.729. The Morgan fingerprint density at radius 1 is 1.19 bits per heavy atom. The van der Waals surface area contributed by atoms with E-state index in [1.807, 2.05) is 32.0 Å². The van der Waals surface area contributed by atoms with Crippen LogP contribution in [0.15, 0.2) is 18.2 Å². The van der Waals surface area contributed by atoms with Gasteiger partial charge in [-0.15, -0.1) is 0 Å². The van der Waals surface area contributed by atoms with E-state index in [0.717, 1.165) is 43.1 Å². The highest BCUT2D eigenvalue weighted by Crippen LogP contribution is 2.23. The zero-order valence-corrected chi connectivity index (χ0v) is 15.8. The van der Waals surface area contributed by atoms with Crippen molar-refractivity contribution in [3.63, 3.8) is 0 Å². The number of carbonyl (C=O) groups excluding carboxylic acids is 2. The lowest BCUT2D eigenvalue weighted by molar-refractivity contribution is -0.121. The molecule has 3 rings (SSSR count). The molecule has 0 saturated carbocycles. The largest absolute Gasteiger partial charge is 0.326 e. The highest BCUT2D eigenvalue weighted by Gasteiger charge is 2.28. The van der Waals surface area contributed by atoms with E-state index in [9.17, 15) is 9.59 Å². The molecule has 2 heterocycles. The molecule has 1 unspecified atom stereocenters. The van der Waals surface area contributed by atoms with Gasteiger partial charge in [0.1, 0.15) is 0 Å². The van der Waals surface area contributed by atoms with E-state index in [1.54, 1.807) is 0 Å². The number of benzene rings is 1. The van der Waals surface area contributed by atoms with Crippen molar-refractivity contribution in [2.45, 2.75) is 33.1 Å². The summed E-state index contributed by atoms with van der Waals surface area (Å²) in [5, 5.41) is 9.19. The summed E-state index contributed by atoms with van der Waals surface area (Å²) in [7, 11) is 0. The first-order valence-corrected chi connectivity index (χ1v) is 9.67. The van der Waals surface area contributed by atoms with Gasteiger partial charge in [0, 0.05) is 17.3 Å². The number of anilines is 2. The van der Waals surface area contributed by atoms with Crippen LogP contribution in [0.4, 0.5) is 11.4 Å². The van der Waals surface area contributed by atoms with Crippen molar-refractivity contribution >= 4 is 23.2 Å². The SMILES string of the molecule is Cc1ccc(NC(=O)C(C)C2CNC2)cc1NC(=O)CN1CCCCC1. The van der Waals surface area contributed by atoms with Gasteiger partial charge in [0.15, 0.2) is 0 Å². The Morgan fingerprint density at radius 3 is 2.58 bits per heavy atom. The Labute approximate surface area is 155 Å². The average molecular weight is 358 g/mol. The molecule has 142 valence electrons.